The molecule has 1 heterocycles. The Morgan fingerprint density at radius 2 is 2.15 bits per heavy atom. The lowest BCUT2D eigenvalue weighted by atomic mass is 10.00. The van der Waals surface area contributed by atoms with Gasteiger partial charge < -0.3 is 5.43 Å². The fourth-order valence-electron chi connectivity index (χ4n) is 1.96. The molecule has 1 aromatic rings. The number of hydrazine groups is 1. The Bertz CT molecular complexity index is 505. The molecular weight excluding hydrogens is 276 g/mol. The summed E-state index contributed by atoms with van der Waals surface area (Å²) in [5.74, 6) is 5.80. The van der Waals surface area contributed by atoms with Crippen molar-refractivity contribution in [2.45, 2.75) is 44.4 Å². The van der Waals surface area contributed by atoms with Crippen molar-refractivity contribution in [2.75, 3.05) is 12.0 Å². The second kappa shape index (κ2) is 8.18. The van der Waals surface area contributed by atoms with Gasteiger partial charge in [-0.25, -0.2) is 24.0 Å². The van der Waals surface area contributed by atoms with Crippen LogP contribution in [0.25, 0.3) is 0 Å². The van der Waals surface area contributed by atoms with Crippen molar-refractivity contribution in [3.05, 3.63) is 18.3 Å². The molecule has 1 aromatic heterocycles. The van der Waals surface area contributed by atoms with Gasteiger partial charge in [0.25, 0.3) is 0 Å². The average Bonchev–Trinajstić information content (AvgIpc) is 2.47. The highest BCUT2D eigenvalue weighted by Gasteiger charge is 2.20. The minimum absolute atomic E-state index is 0.0767. The van der Waals surface area contributed by atoms with Gasteiger partial charge in [0.15, 0.2) is 5.82 Å². The molecule has 0 fully saturated rings. The topological polar surface area (TPSA) is 97.1 Å². The van der Waals surface area contributed by atoms with E-state index < -0.39 is 10.0 Å². The van der Waals surface area contributed by atoms with Gasteiger partial charge >= 0.3 is 0 Å². The maximum absolute atomic E-state index is 12.3. The summed E-state index contributed by atoms with van der Waals surface area (Å²) < 4.78 is 27.2. The lowest BCUT2D eigenvalue weighted by molar-refractivity contribution is 0.444. The van der Waals surface area contributed by atoms with Crippen LogP contribution in [0.15, 0.2) is 23.2 Å². The van der Waals surface area contributed by atoms with Gasteiger partial charge in [-0.1, -0.05) is 33.1 Å². The fraction of sp³-hybridized carbons (Fsp3) is 0.615. The molecule has 0 aliphatic rings. The number of nitrogens with two attached hydrogens (primary N) is 1. The smallest absolute Gasteiger partial charge is 0.244 e. The van der Waals surface area contributed by atoms with E-state index in [4.69, 9.17) is 5.84 Å². The Balaban J connectivity index is 2.74. The highest BCUT2D eigenvalue weighted by Crippen LogP contribution is 2.18. The number of nitrogens with zero attached hydrogens (tertiary/aromatic N) is 1. The normalized spacial score (nSPS) is 13.2. The molecule has 4 N–H and O–H groups in total. The second-order valence-corrected chi connectivity index (χ2v) is 6.50. The molecule has 0 saturated heterocycles. The third-order valence-corrected chi connectivity index (χ3v) is 4.76. The van der Waals surface area contributed by atoms with Crippen LogP contribution >= 0.6 is 0 Å². The van der Waals surface area contributed by atoms with Crippen LogP contribution in [0.5, 0.6) is 0 Å². The van der Waals surface area contributed by atoms with Crippen LogP contribution in [0.4, 0.5) is 5.82 Å². The Kier molecular flexibility index (Phi) is 6.90. The summed E-state index contributed by atoms with van der Waals surface area (Å²) in [6, 6.07) is 3.06. The Labute approximate surface area is 121 Å². The number of sulfonamides is 1. The summed E-state index contributed by atoms with van der Waals surface area (Å²) in [6.07, 6.45) is 5.71. The molecule has 0 aliphatic carbocycles. The predicted octanol–water partition coefficient (Wildman–Crippen LogP) is 1.86. The van der Waals surface area contributed by atoms with Crippen LogP contribution in [-0.2, 0) is 10.0 Å². The quantitative estimate of drug-likeness (QED) is 0.478. The van der Waals surface area contributed by atoms with Crippen LogP contribution in [0.2, 0.25) is 0 Å². The first-order valence-corrected chi connectivity index (χ1v) is 8.44. The number of hydrogen-bond acceptors (Lipinski definition) is 5. The number of nitrogens with one attached hydrogen (secondary N) is 2. The van der Waals surface area contributed by atoms with Gasteiger partial charge in [0.2, 0.25) is 10.0 Å². The highest BCUT2D eigenvalue weighted by molar-refractivity contribution is 7.89. The molecule has 1 atom stereocenters. The molecular formula is C13H24N4O2S. The van der Waals surface area contributed by atoms with E-state index >= 15 is 0 Å². The van der Waals surface area contributed by atoms with Gasteiger partial charge in [0.1, 0.15) is 4.90 Å². The number of hydrogen-bond donors (Lipinski definition) is 3. The van der Waals surface area contributed by atoms with Crippen LogP contribution in [-0.4, -0.2) is 19.9 Å². The maximum Gasteiger partial charge on any atom is 0.244 e. The third-order valence-electron chi connectivity index (χ3n) is 3.30. The summed E-state index contributed by atoms with van der Waals surface area (Å²) >= 11 is 0. The van der Waals surface area contributed by atoms with Crippen molar-refractivity contribution in [3.63, 3.8) is 0 Å². The van der Waals surface area contributed by atoms with Crippen LogP contribution < -0.4 is 16.0 Å². The van der Waals surface area contributed by atoms with Gasteiger partial charge in [-0.05, 0) is 24.5 Å². The second-order valence-electron chi connectivity index (χ2n) is 4.76. The largest absolute Gasteiger partial charge is 0.307 e. The van der Waals surface area contributed by atoms with Crippen molar-refractivity contribution >= 4 is 15.8 Å². The van der Waals surface area contributed by atoms with Gasteiger partial charge in [0.05, 0.1) is 0 Å². The summed E-state index contributed by atoms with van der Waals surface area (Å²) in [5.41, 5.74) is 2.31. The molecule has 0 radical (unpaired) electrons. The van der Waals surface area contributed by atoms with E-state index in [1.807, 2.05) is 0 Å². The highest BCUT2D eigenvalue weighted by atomic mass is 32.2. The van der Waals surface area contributed by atoms with Gasteiger partial charge in [-0.15, -0.1) is 0 Å². The summed E-state index contributed by atoms with van der Waals surface area (Å²) in [6.45, 7) is 4.65. The Hall–Kier alpha value is -1.18. The van der Waals surface area contributed by atoms with E-state index in [2.05, 4.69) is 29.0 Å². The zero-order valence-electron chi connectivity index (χ0n) is 12.1. The molecule has 0 aliphatic heterocycles. The number of unbranched alkanes of at least 4 members (excludes halogenated alkanes) is 1. The van der Waals surface area contributed by atoms with E-state index in [0.717, 1.165) is 25.7 Å². The minimum Gasteiger partial charge on any atom is -0.307 e. The number of nitrogen functional groups attached to an aromatic ring is 1. The minimum atomic E-state index is -3.59. The third kappa shape index (κ3) is 4.73. The Morgan fingerprint density at radius 1 is 1.40 bits per heavy atom. The number of anilines is 1. The SMILES string of the molecule is CCCCC(CC)CNS(=O)(=O)c1cccnc1NN. The molecule has 7 heteroatoms. The number of aromatic nitrogens is 1. The molecule has 114 valence electrons. The molecule has 1 unspecified atom stereocenters. The predicted molar refractivity (Wildman–Crippen MR) is 80.5 cm³/mol. The molecule has 20 heavy (non-hydrogen) atoms. The van der Waals surface area contributed by atoms with E-state index in [1.54, 1.807) is 6.07 Å². The van der Waals surface area contributed by atoms with Crippen LogP contribution in [0, 0.1) is 5.92 Å². The molecule has 6 nitrogen and oxygen atoms in total. The molecule has 1 rings (SSSR count). The molecule has 0 spiro atoms. The average molecular weight is 300 g/mol. The van der Waals surface area contributed by atoms with Gasteiger partial charge in [-0.3, -0.25) is 0 Å². The van der Waals surface area contributed by atoms with Gasteiger partial charge in [-0.2, -0.15) is 0 Å². The zero-order valence-corrected chi connectivity index (χ0v) is 12.9. The van der Waals surface area contributed by atoms with Crippen molar-refractivity contribution in [3.8, 4) is 0 Å². The number of rotatable bonds is 9. The first-order chi connectivity index (χ1) is 9.55. The molecule has 0 bridgehead atoms. The van der Waals surface area contributed by atoms with Crippen molar-refractivity contribution in [1.29, 1.82) is 0 Å². The fourth-order valence-corrected chi connectivity index (χ4v) is 3.20. The molecule has 0 saturated carbocycles. The zero-order chi connectivity index (χ0) is 15.0. The first-order valence-electron chi connectivity index (χ1n) is 6.96. The number of pyridine rings is 1. The molecule has 0 amide bonds. The summed E-state index contributed by atoms with van der Waals surface area (Å²) in [5, 5.41) is 0. The van der Waals surface area contributed by atoms with E-state index in [9.17, 15) is 8.42 Å². The van der Waals surface area contributed by atoms with E-state index in [1.165, 1.54) is 12.3 Å². The summed E-state index contributed by atoms with van der Waals surface area (Å²) in [7, 11) is -3.59. The van der Waals surface area contributed by atoms with E-state index in [-0.39, 0.29) is 10.7 Å². The maximum atomic E-state index is 12.3. The van der Waals surface area contributed by atoms with Crippen molar-refractivity contribution in [2.24, 2.45) is 11.8 Å². The van der Waals surface area contributed by atoms with Crippen LogP contribution in [0.3, 0.4) is 0 Å². The summed E-state index contributed by atoms with van der Waals surface area (Å²) in [4.78, 5) is 3.98. The van der Waals surface area contributed by atoms with Crippen molar-refractivity contribution in [1.82, 2.24) is 9.71 Å². The van der Waals surface area contributed by atoms with Crippen molar-refractivity contribution < 1.29 is 8.42 Å². The lowest BCUT2D eigenvalue weighted by Crippen LogP contribution is -2.30. The monoisotopic (exact) mass is 300 g/mol. The van der Waals surface area contributed by atoms with E-state index in [0.29, 0.717) is 12.5 Å². The first kappa shape index (κ1) is 16.9. The molecule has 0 aromatic carbocycles. The van der Waals surface area contributed by atoms with Crippen LogP contribution in [0.1, 0.15) is 39.5 Å². The Morgan fingerprint density at radius 3 is 2.75 bits per heavy atom. The van der Waals surface area contributed by atoms with Gasteiger partial charge in [0, 0.05) is 12.7 Å². The standard InChI is InChI=1S/C13H24N4O2S/c1-3-5-7-11(4-2)10-16-20(18,19)12-8-6-9-15-13(12)17-14/h6,8-9,11,16H,3-5,7,10,14H2,1-2H3,(H,15,17). The lowest BCUT2D eigenvalue weighted by Gasteiger charge is -2.16.